The van der Waals surface area contributed by atoms with E-state index in [4.69, 9.17) is 5.73 Å². The summed E-state index contributed by atoms with van der Waals surface area (Å²) in [5.41, 5.74) is 6.01. The first kappa shape index (κ1) is 11.4. The van der Waals surface area contributed by atoms with E-state index in [-0.39, 0.29) is 11.7 Å². The van der Waals surface area contributed by atoms with Gasteiger partial charge in [-0.15, -0.1) is 0 Å². The van der Waals surface area contributed by atoms with Gasteiger partial charge in [-0.05, 0) is 31.9 Å². The number of unbranched alkanes of at least 4 members (excludes halogenated alkanes) is 1. The van der Waals surface area contributed by atoms with Crippen LogP contribution in [-0.2, 0) is 4.79 Å². The van der Waals surface area contributed by atoms with Gasteiger partial charge in [-0.2, -0.15) is 0 Å². The van der Waals surface area contributed by atoms with Crippen LogP contribution in [0.2, 0.25) is 0 Å². The molecule has 0 saturated heterocycles. The molecule has 0 aromatic carbocycles. The lowest BCUT2D eigenvalue weighted by molar-refractivity contribution is -0.118. The summed E-state index contributed by atoms with van der Waals surface area (Å²) in [5, 5.41) is 0. The highest BCUT2D eigenvalue weighted by Gasteiger charge is 2.11. The molecule has 0 aromatic heterocycles. The molecule has 70 valence electrons. The predicted molar refractivity (Wildman–Crippen MR) is 51.9 cm³/mol. The molecule has 0 amide bonds. The Bertz CT molecular complexity index is 163. The van der Waals surface area contributed by atoms with Crippen molar-refractivity contribution in [2.45, 2.75) is 33.1 Å². The highest BCUT2D eigenvalue weighted by molar-refractivity contribution is 5.95. The first-order chi connectivity index (χ1) is 5.59. The van der Waals surface area contributed by atoms with Crippen molar-refractivity contribution in [3.8, 4) is 0 Å². The zero-order valence-electron chi connectivity index (χ0n) is 8.10. The minimum atomic E-state index is 0.119. The molecular formula is C10H19NO. The second-order valence-electron chi connectivity index (χ2n) is 3.33. The lowest BCUT2D eigenvalue weighted by Gasteiger charge is -2.08. The lowest BCUT2D eigenvalue weighted by atomic mass is 9.96. The number of carbonyl (C=O) groups is 1. The highest BCUT2D eigenvalue weighted by atomic mass is 16.1. The fourth-order valence-corrected chi connectivity index (χ4v) is 1.15. The molecule has 0 heterocycles. The minimum absolute atomic E-state index is 0.119. The van der Waals surface area contributed by atoms with Crippen LogP contribution in [0, 0.1) is 5.92 Å². The molecule has 0 aliphatic heterocycles. The minimum Gasteiger partial charge on any atom is -0.330 e. The number of hydrogen-bond acceptors (Lipinski definition) is 2. The molecule has 0 saturated carbocycles. The number of Topliss-reactive ketones (excluding diaryl/α,β-unsaturated/α-hetero) is 1. The molecule has 2 N–H and O–H groups in total. The fourth-order valence-electron chi connectivity index (χ4n) is 1.15. The Labute approximate surface area is 74.8 Å². The van der Waals surface area contributed by atoms with E-state index in [1.165, 1.54) is 0 Å². The standard InChI is InChI=1S/C10H19NO/c1-8(2)10(12)9(3)6-4-5-7-11/h9H,1,4-7,11H2,2-3H3/t9-/m0/s1. The predicted octanol–water partition coefficient (Wildman–Crippen LogP) is 1.90. The van der Waals surface area contributed by atoms with Crippen LogP contribution in [-0.4, -0.2) is 12.3 Å². The van der Waals surface area contributed by atoms with Crippen LogP contribution >= 0.6 is 0 Å². The van der Waals surface area contributed by atoms with Gasteiger partial charge < -0.3 is 5.73 Å². The molecule has 0 radical (unpaired) electrons. The summed E-state index contributed by atoms with van der Waals surface area (Å²) < 4.78 is 0. The van der Waals surface area contributed by atoms with Gasteiger partial charge in [0.15, 0.2) is 5.78 Å². The van der Waals surface area contributed by atoms with Crippen LogP contribution in [0.1, 0.15) is 33.1 Å². The molecule has 1 atom stereocenters. The van der Waals surface area contributed by atoms with Crippen molar-refractivity contribution in [1.29, 1.82) is 0 Å². The molecule has 0 aliphatic carbocycles. The summed E-state index contributed by atoms with van der Waals surface area (Å²) >= 11 is 0. The molecule has 12 heavy (non-hydrogen) atoms. The monoisotopic (exact) mass is 169 g/mol. The largest absolute Gasteiger partial charge is 0.330 e. The van der Waals surface area contributed by atoms with Crippen molar-refractivity contribution in [3.05, 3.63) is 12.2 Å². The van der Waals surface area contributed by atoms with E-state index in [0.29, 0.717) is 12.1 Å². The fraction of sp³-hybridized carbons (Fsp3) is 0.700. The van der Waals surface area contributed by atoms with Crippen molar-refractivity contribution in [2.75, 3.05) is 6.54 Å². The average Bonchev–Trinajstić information content (AvgIpc) is 2.03. The summed E-state index contributed by atoms with van der Waals surface area (Å²) in [4.78, 5) is 11.3. The molecule has 0 fully saturated rings. The Morgan fingerprint density at radius 2 is 2.08 bits per heavy atom. The van der Waals surface area contributed by atoms with Gasteiger partial charge in [0.2, 0.25) is 0 Å². The van der Waals surface area contributed by atoms with Crippen molar-refractivity contribution in [1.82, 2.24) is 0 Å². The molecule has 0 aliphatic rings. The molecule has 0 bridgehead atoms. The molecule has 2 nitrogen and oxygen atoms in total. The zero-order chi connectivity index (χ0) is 9.56. The van der Waals surface area contributed by atoms with Crippen LogP contribution in [0.5, 0.6) is 0 Å². The SMILES string of the molecule is C=C(C)C(=O)[C@@H](C)CCCCN. The summed E-state index contributed by atoms with van der Waals surface area (Å²) in [6.07, 6.45) is 2.98. The van der Waals surface area contributed by atoms with Gasteiger partial charge in [0.05, 0.1) is 0 Å². The van der Waals surface area contributed by atoms with Crippen LogP contribution in [0.15, 0.2) is 12.2 Å². The zero-order valence-corrected chi connectivity index (χ0v) is 8.10. The van der Waals surface area contributed by atoms with Crippen molar-refractivity contribution >= 4 is 5.78 Å². The summed E-state index contributed by atoms with van der Waals surface area (Å²) in [6.45, 7) is 8.06. The van der Waals surface area contributed by atoms with Gasteiger partial charge in [-0.3, -0.25) is 4.79 Å². The number of allylic oxidation sites excluding steroid dienone is 1. The number of carbonyl (C=O) groups excluding carboxylic acids is 1. The van der Waals surface area contributed by atoms with Crippen molar-refractivity contribution in [2.24, 2.45) is 11.7 Å². The van der Waals surface area contributed by atoms with Gasteiger partial charge in [0, 0.05) is 5.92 Å². The Hall–Kier alpha value is -0.630. The second kappa shape index (κ2) is 5.95. The molecule has 2 heteroatoms. The number of rotatable bonds is 6. The summed E-state index contributed by atoms with van der Waals surface area (Å²) in [6, 6.07) is 0. The smallest absolute Gasteiger partial charge is 0.160 e. The number of nitrogens with two attached hydrogens (primary N) is 1. The molecule has 0 unspecified atom stereocenters. The van der Waals surface area contributed by atoms with Gasteiger partial charge in [0.25, 0.3) is 0 Å². The first-order valence-corrected chi connectivity index (χ1v) is 4.49. The second-order valence-corrected chi connectivity index (χ2v) is 3.33. The maximum absolute atomic E-state index is 11.3. The number of hydrogen-bond donors (Lipinski definition) is 1. The van der Waals surface area contributed by atoms with Crippen LogP contribution in [0.3, 0.4) is 0 Å². The Morgan fingerprint density at radius 3 is 2.50 bits per heavy atom. The first-order valence-electron chi connectivity index (χ1n) is 4.49. The lowest BCUT2D eigenvalue weighted by Crippen LogP contribution is -2.11. The van der Waals surface area contributed by atoms with Crippen molar-refractivity contribution in [3.63, 3.8) is 0 Å². The van der Waals surface area contributed by atoms with Crippen molar-refractivity contribution < 1.29 is 4.79 Å². The quantitative estimate of drug-likeness (QED) is 0.487. The number of ketones is 1. The van der Waals surface area contributed by atoms with Crippen LogP contribution in [0.25, 0.3) is 0 Å². The molecule has 0 rings (SSSR count). The van der Waals surface area contributed by atoms with E-state index >= 15 is 0 Å². The highest BCUT2D eigenvalue weighted by Crippen LogP contribution is 2.11. The molecule has 0 aromatic rings. The Morgan fingerprint density at radius 1 is 1.50 bits per heavy atom. The van der Waals surface area contributed by atoms with E-state index in [1.807, 2.05) is 6.92 Å². The van der Waals surface area contributed by atoms with E-state index in [1.54, 1.807) is 6.92 Å². The Kier molecular flexibility index (Phi) is 5.64. The molecule has 0 spiro atoms. The Balaban J connectivity index is 3.64. The maximum Gasteiger partial charge on any atom is 0.160 e. The van der Waals surface area contributed by atoms with Gasteiger partial charge >= 0.3 is 0 Å². The third-order valence-corrected chi connectivity index (χ3v) is 1.96. The van der Waals surface area contributed by atoms with Gasteiger partial charge in [-0.25, -0.2) is 0 Å². The summed E-state index contributed by atoms with van der Waals surface area (Å²) in [7, 11) is 0. The topological polar surface area (TPSA) is 43.1 Å². The van der Waals surface area contributed by atoms with Crippen LogP contribution in [0.4, 0.5) is 0 Å². The third kappa shape index (κ3) is 4.29. The van der Waals surface area contributed by atoms with E-state index in [9.17, 15) is 4.79 Å². The van der Waals surface area contributed by atoms with Crippen LogP contribution < -0.4 is 5.73 Å². The maximum atomic E-state index is 11.3. The van der Waals surface area contributed by atoms with E-state index in [2.05, 4.69) is 6.58 Å². The van der Waals surface area contributed by atoms with E-state index in [0.717, 1.165) is 19.3 Å². The van der Waals surface area contributed by atoms with Gasteiger partial charge in [-0.1, -0.05) is 19.9 Å². The van der Waals surface area contributed by atoms with E-state index < -0.39 is 0 Å². The third-order valence-electron chi connectivity index (χ3n) is 1.96. The van der Waals surface area contributed by atoms with Gasteiger partial charge in [0.1, 0.15) is 0 Å². The molecular weight excluding hydrogens is 150 g/mol. The average molecular weight is 169 g/mol. The summed E-state index contributed by atoms with van der Waals surface area (Å²) in [5.74, 6) is 0.307. The normalized spacial score (nSPS) is 12.6.